The zero-order valence-electron chi connectivity index (χ0n) is 15.5. The molecule has 0 radical (unpaired) electrons. The van der Waals surface area contributed by atoms with Crippen LogP contribution >= 0.6 is 0 Å². The molecule has 1 aromatic rings. The minimum absolute atomic E-state index is 0.667. The van der Waals surface area contributed by atoms with Gasteiger partial charge in [0.15, 0.2) is 0 Å². The number of hydrogen-bond donors (Lipinski definition) is 0. The number of benzene rings is 1. The zero-order valence-corrected chi connectivity index (χ0v) is 15.5. The molecule has 0 heterocycles. The Hall–Kier alpha value is -1.18. The maximum Gasteiger partial charge on any atom is 0.260 e. The van der Waals surface area contributed by atoms with Crippen molar-refractivity contribution in [3.63, 3.8) is 0 Å². The van der Waals surface area contributed by atoms with E-state index in [1.807, 2.05) is 0 Å². The lowest BCUT2D eigenvalue weighted by atomic mass is 9.52. The van der Waals surface area contributed by atoms with Crippen LogP contribution in [0, 0.1) is 6.92 Å². The molecule has 23 heavy (non-hydrogen) atoms. The lowest BCUT2D eigenvalue weighted by molar-refractivity contribution is 0.692. The molecule has 126 valence electrons. The third kappa shape index (κ3) is 5.16. The molecule has 2 heteroatoms. The van der Waals surface area contributed by atoms with E-state index in [9.17, 15) is 0 Å². The molecule has 2 rings (SSSR count). The lowest BCUT2D eigenvalue weighted by Gasteiger charge is -2.37. The topological polar surface area (TPSA) is 3.24 Å². The molecule has 1 nitrogen and oxygen atoms in total. The molecular weight excluding hydrogens is 277 g/mol. The number of hydrogen-bond acceptors (Lipinski definition) is 1. The zero-order chi connectivity index (χ0) is 16.5. The fraction of sp³-hybridized carbons (Fsp3) is 0.619. The number of para-hydroxylation sites is 1. The van der Waals surface area contributed by atoms with Crippen molar-refractivity contribution in [2.45, 2.75) is 84.8 Å². The quantitative estimate of drug-likeness (QED) is 0.451. The Morgan fingerprint density at radius 3 is 2.26 bits per heavy atom. The minimum atomic E-state index is 0.667. The third-order valence-corrected chi connectivity index (χ3v) is 5.10. The van der Waals surface area contributed by atoms with Gasteiger partial charge in [0.2, 0.25) is 0 Å². The Labute approximate surface area is 144 Å². The number of nitrogens with zero attached hydrogens (tertiary/aromatic N) is 1. The van der Waals surface area contributed by atoms with Gasteiger partial charge in [0, 0.05) is 11.4 Å². The van der Waals surface area contributed by atoms with Gasteiger partial charge in [-0.3, -0.25) is 0 Å². The van der Waals surface area contributed by atoms with E-state index >= 15 is 0 Å². The molecule has 0 aliphatic heterocycles. The average molecular weight is 311 g/mol. The molecule has 0 saturated heterocycles. The summed E-state index contributed by atoms with van der Waals surface area (Å²) >= 11 is 0. The Balaban J connectivity index is 2.33. The highest BCUT2D eigenvalue weighted by Gasteiger charge is 2.27. The van der Waals surface area contributed by atoms with Gasteiger partial charge in [-0.2, -0.15) is 0 Å². The molecule has 0 spiro atoms. The minimum Gasteiger partial charge on any atom is -0.390 e. The van der Waals surface area contributed by atoms with Gasteiger partial charge in [0.25, 0.3) is 6.85 Å². The molecule has 1 aromatic carbocycles. The summed E-state index contributed by atoms with van der Waals surface area (Å²) < 4.78 is 0. The van der Waals surface area contributed by atoms with Gasteiger partial charge < -0.3 is 4.81 Å². The number of aryl methyl sites for hydroxylation is 1. The Morgan fingerprint density at radius 2 is 1.70 bits per heavy atom. The van der Waals surface area contributed by atoms with Crippen molar-refractivity contribution >= 4 is 12.5 Å². The summed E-state index contributed by atoms with van der Waals surface area (Å²) in [5, 5.41) is 0. The molecule has 0 N–H and O–H groups in total. The smallest absolute Gasteiger partial charge is 0.260 e. The Kier molecular flexibility index (Phi) is 7.78. The van der Waals surface area contributed by atoms with E-state index in [4.69, 9.17) is 0 Å². The van der Waals surface area contributed by atoms with E-state index < -0.39 is 0 Å². The molecule has 0 fully saturated rings. The van der Waals surface area contributed by atoms with Crippen molar-refractivity contribution in [1.29, 1.82) is 0 Å². The van der Waals surface area contributed by atoms with E-state index in [0.29, 0.717) is 6.85 Å². The lowest BCUT2D eigenvalue weighted by Crippen LogP contribution is -2.39. The first-order valence-corrected chi connectivity index (χ1v) is 9.81. The monoisotopic (exact) mass is 311 g/mol. The molecule has 0 atom stereocenters. The second-order valence-electron chi connectivity index (χ2n) is 7.04. The summed E-state index contributed by atoms with van der Waals surface area (Å²) in [6, 6.07) is 8.97. The van der Waals surface area contributed by atoms with Crippen LogP contribution in [0.25, 0.3) is 0 Å². The highest BCUT2D eigenvalue weighted by Crippen LogP contribution is 2.33. The predicted octanol–water partition coefficient (Wildman–Crippen LogP) is 6.85. The first-order chi connectivity index (χ1) is 11.3. The largest absolute Gasteiger partial charge is 0.390 e. The molecule has 1 aliphatic rings. The Morgan fingerprint density at radius 1 is 1.00 bits per heavy atom. The fourth-order valence-corrected chi connectivity index (χ4v) is 3.74. The Bertz CT molecular complexity index is 486. The first kappa shape index (κ1) is 18.2. The predicted molar refractivity (Wildman–Crippen MR) is 105 cm³/mol. The van der Waals surface area contributed by atoms with Crippen LogP contribution in [-0.4, -0.2) is 6.85 Å². The normalized spacial score (nSPS) is 14.5. The number of unbranched alkanes of at least 4 members (excludes halogenated alkanes) is 2. The first-order valence-electron chi connectivity index (χ1n) is 9.81. The molecule has 0 unspecified atom stereocenters. The van der Waals surface area contributed by atoms with Crippen molar-refractivity contribution in [1.82, 2.24) is 0 Å². The van der Waals surface area contributed by atoms with Crippen LogP contribution in [0.5, 0.6) is 0 Å². The van der Waals surface area contributed by atoms with Gasteiger partial charge in [-0.25, -0.2) is 0 Å². The van der Waals surface area contributed by atoms with E-state index in [1.165, 1.54) is 75.3 Å². The molecule has 0 amide bonds. The summed E-state index contributed by atoms with van der Waals surface area (Å²) in [5.74, 6) is 0. The highest BCUT2D eigenvalue weighted by molar-refractivity contribution is 6.64. The van der Waals surface area contributed by atoms with Crippen molar-refractivity contribution in [3.05, 3.63) is 41.6 Å². The van der Waals surface area contributed by atoms with Crippen LogP contribution in [0.1, 0.15) is 70.8 Å². The summed E-state index contributed by atoms with van der Waals surface area (Å²) in [4.78, 5) is 2.72. The molecule has 0 bridgehead atoms. The van der Waals surface area contributed by atoms with E-state index in [2.05, 4.69) is 55.9 Å². The van der Waals surface area contributed by atoms with Gasteiger partial charge in [0.05, 0.1) is 0 Å². The van der Waals surface area contributed by atoms with Crippen molar-refractivity contribution < 1.29 is 0 Å². The van der Waals surface area contributed by atoms with E-state index in [1.54, 1.807) is 5.70 Å². The SMILES string of the molecule is CCCCB(CCCC)N(C1=CCCCC1)c1ccccc1C. The van der Waals surface area contributed by atoms with Gasteiger partial charge in [-0.15, -0.1) is 0 Å². The van der Waals surface area contributed by atoms with Gasteiger partial charge in [-0.1, -0.05) is 76.4 Å². The summed E-state index contributed by atoms with van der Waals surface area (Å²) in [7, 11) is 0. The van der Waals surface area contributed by atoms with E-state index in [-0.39, 0.29) is 0 Å². The van der Waals surface area contributed by atoms with Crippen LogP contribution in [0.4, 0.5) is 5.69 Å². The van der Waals surface area contributed by atoms with Crippen molar-refractivity contribution in [3.8, 4) is 0 Å². The van der Waals surface area contributed by atoms with Gasteiger partial charge in [0.1, 0.15) is 0 Å². The van der Waals surface area contributed by atoms with Crippen LogP contribution in [0.15, 0.2) is 36.0 Å². The second kappa shape index (κ2) is 9.85. The number of allylic oxidation sites excluding steroid dienone is 2. The second-order valence-corrected chi connectivity index (χ2v) is 7.04. The van der Waals surface area contributed by atoms with Crippen molar-refractivity contribution in [2.24, 2.45) is 0 Å². The van der Waals surface area contributed by atoms with Gasteiger partial charge in [-0.05, 0) is 44.2 Å². The van der Waals surface area contributed by atoms with E-state index in [0.717, 1.165) is 0 Å². The van der Waals surface area contributed by atoms with Crippen molar-refractivity contribution in [2.75, 3.05) is 4.81 Å². The summed E-state index contributed by atoms with van der Waals surface area (Å²) in [6.07, 6.45) is 15.6. The summed E-state index contributed by atoms with van der Waals surface area (Å²) in [5.41, 5.74) is 4.44. The fourth-order valence-electron chi connectivity index (χ4n) is 3.74. The van der Waals surface area contributed by atoms with Crippen LogP contribution in [-0.2, 0) is 0 Å². The van der Waals surface area contributed by atoms with Crippen LogP contribution in [0.3, 0.4) is 0 Å². The third-order valence-electron chi connectivity index (χ3n) is 5.10. The average Bonchev–Trinajstić information content (AvgIpc) is 2.59. The molecule has 0 saturated carbocycles. The standard InChI is InChI=1S/C21H34BN/c1-4-6-17-22(18-7-5-2)23(20-14-9-8-10-15-20)21-16-12-11-13-19(21)3/h11-14,16H,4-10,15,17-18H2,1-3H3. The molecule has 1 aliphatic carbocycles. The van der Waals surface area contributed by atoms with Crippen LogP contribution < -0.4 is 4.81 Å². The van der Waals surface area contributed by atoms with Gasteiger partial charge >= 0.3 is 0 Å². The molecule has 0 aromatic heterocycles. The number of anilines is 1. The molecular formula is C21H34BN. The maximum absolute atomic E-state index is 2.72. The number of rotatable bonds is 9. The highest BCUT2D eigenvalue weighted by atomic mass is 15.1. The van der Waals surface area contributed by atoms with Crippen LogP contribution in [0.2, 0.25) is 12.6 Å². The maximum atomic E-state index is 2.72. The summed E-state index contributed by atoms with van der Waals surface area (Å²) in [6.45, 7) is 7.56.